The zero-order valence-electron chi connectivity index (χ0n) is 11.1. The van der Waals surface area contributed by atoms with Gasteiger partial charge in [0.1, 0.15) is 0 Å². The summed E-state index contributed by atoms with van der Waals surface area (Å²) < 4.78 is 11.3. The minimum Gasteiger partial charge on any atom is -0.435 e. The molecule has 0 fully saturated rings. The second-order valence-electron chi connectivity index (χ2n) is 4.15. The number of ether oxygens (including phenoxy) is 2. The van der Waals surface area contributed by atoms with Gasteiger partial charge in [-0.05, 0) is 18.2 Å². The van der Waals surface area contributed by atoms with Crippen LogP contribution in [0.2, 0.25) is 10.0 Å². The van der Waals surface area contributed by atoms with E-state index in [1.54, 1.807) is 30.5 Å². The molecule has 0 radical (unpaired) electrons. The fourth-order valence-corrected chi connectivity index (χ4v) is 1.87. The predicted octanol–water partition coefficient (Wildman–Crippen LogP) is 4.76. The molecule has 0 saturated carbocycles. The summed E-state index contributed by atoms with van der Waals surface area (Å²) in [5.41, 5.74) is 0. The summed E-state index contributed by atoms with van der Waals surface area (Å²) >= 11 is 11.7. The molecule has 0 aliphatic heterocycles. The van der Waals surface area contributed by atoms with Gasteiger partial charge in [0.15, 0.2) is 11.5 Å². The van der Waals surface area contributed by atoms with Crippen molar-refractivity contribution < 1.29 is 9.47 Å². The Hall–Kier alpha value is -2.37. The summed E-state index contributed by atoms with van der Waals surface area (Å²) in [4.78, 5) is 12.0. The average Bonchev–Trinajstić information content (AvgIpc) is 2.51. The number of benzene rings is 1. The molecule has 7 heteroatoms. The fourth-order valence-electron chi connectivity index (χ4n) is 1.62. The van der Waals surface area contributed by atoms with Crippen LogP contribution < -0.4 is 9.47 Å². The van der Waals surface area contributed by atoms with Gasteiger partial charge < -0.3 is 9.47 Å². The fraction of sp³-hybridized carbons (Fsp3) is 0. The van der Waals surface area contributed by atoms with Crippen LogP contribution in [0.25, 0.3) is 0 Å². The lowest BCUT2D eigenvalue weighted by Gasteiger charge is -2.10. The third kappa shape index (κ3) is 3.63. The Morgan fingerprint density at radius 1 is 0.773 bits per heavy atom. The van der Waals surface area contributed by atoms with Crippen molar-refractivity contribution in [1.82, 2.24) is 15.0 Å². The molecule has 3 rings (SSSR count). The minimum atomic E-state index is 0.166. The second kappa shape index (κ2) is 6.60. The molecular formula is C15H9Cl2N3O2. The van der Waals surface area contributed by atoms with E-state index in [0.717, 1.165) is 0 Å². The number of rotatable bonds is 4. The molecule has 0 atom stereocenters. The molecule has 2 heterocycles. The molecule has 22 heavy (non-hydrogen) atoms. The largest absolute Gasteiger partial charge is 0.435 e. The lowest BCUT2D eigenvalue weighted by atomic mass is 10.3. The van der Waals surface area contributed by atoms with Crippen molar-refractivity contribution in [3.8, 4) is 23.4 Å². The number of nitrogens with zero attached hydrogens (tertiary/aromatic N) is 3. The predicted molar refractivity (Wildman–Crippen MR) is 82.9 cm³/mol. The molecule has 0 N–H and O–H groups in total. The first-order valence-corrected chi connectivity index (χ1v) is 7.00. The van der Waals surface area contributed by atoms with Crippen molar-refractivity contribution >= 4 is 23.2 Å². The van der Waals surface area contributed by atoms with Crippen molar-refractivity contribution in [2.75, 3.05) is 0 Å². The van der Waals surface area contributed by atoms with Crippen molar-refractivity contribution in [2.24, 2.45) is 0 Å². The highest BCUT2D eigenvalue weighted by atomic mass is 35.5. The maximum absolute atomic E-state index is 5.91. The van der Waals surface area contributed by atoms with Gasteiger partial charge in [-0.3, -0.25) is 0 Å². The Labute approximate surface area is 136 Å². The quantitative estimate of drug-likeness (QED) is 0.688. The van der Waals surface area contributed by atoms with Crippen molar-refractivity contribution in [3.63, 3.8) is 0 Å². The SMILES string of the molecule is Clc1cnc(Oc2ccccc2Oc2cc(Cl)ccn2)nc1. The van der Waals surface area contributed by atoms with Crippen molar-refractivity contribution in [3.05, 3.63) is 65.0 Å². The molecule has 0 aliphatic carbocycles. The van der Waals surface area contributed by atoms with E-state index in [-0.39, 0.29) is 6.01 Å². The zero-order valence-corrected chi connectivity index (χ0v) is 12.6. The third-order valence-electron chi connectivity index (χ3n) is 2.56. The minimum absolute atomic E-state index is 0.166. The molecule has 5 nitrogen and oxygen atoms in total. The molecule has 0 spiro atoms. The first kappa shape index (κ1) is 14.6. The highest BCUT2D eigenvalue weighted by Crippen LogP contribution is 2.33. The normalized spacial score (nSPS) is 10.3. The van der Waals surface area contributed by atoms with E-state index in [0.29, 0.717) is 27.4 Å². The molecule has 2 aromatic heterocycles. The molecule has 110 valence electrons. The molecule has 0 unspecified atom stereocenters. The summed E-state index contributed by atoms with van der Waals surface area (Å²) in [6.07, 6.45) is 4.46. The van der Waals surface area contributed by atoms with Gasteiger partial charge in [0.25, 0.3) is 0 Å². The number of halogens is 2. The molecule has 0 bridgehead atoms. The van der Waals surface area contributed by atoms with Crippen LogP contribution in [0.5, 0.6) is 23.4 Å². The van der Waals surface area contributed by atoms with Gasteiger partial charge in [-0.2, -0.15) is 0 Å². The molecule has 0 saturated heterocycles. The van der Waals surface area contributed by atoms with Crippen LogP contribution in [0.15, 0.2) is 55.0 Å². The van der Waals surface area contributed by atoms with Crippen LogP contribution in [-0.2, 0) is 0 Å². The number of aromatic nitrogens is 3. The smallest absolute Gasteiger partial charge is 0.322 e. The zero-order chi connectivity index (χ0) is 15.4. The summed E-state index contributed by atoms with van der Waals surface area (Å²) in [6.45, 7) is 0. The van der Waals surface area contributed by atoms with Gasteiger partial charge in [0.2, 0.25) is 5.88 Å². The van der Waals surface area contributed by atoms with Crippen LogP contribution in [-0.4, -0.2) is 15.0 Å². The first-order valence-electron chi connectivity index (χ1n) is 6.24. The van der Waals surface area contributed by atoms with Gasteiger partial charge >= 0.3 is 6.01 Å². The van der Waals surface area contributed by atoms with Gasteiger partial charge in [0.05, 0.1) is 17.4 Å². The van der Waals surface area contributed by atoms with Crippen LogP contribution in [0.4, 0.5) is 0 Å². The van der Waals surface area contributed by atoms with E-state index in [2.05, 4.69) is 15.0 Å². The Kier molecular flexibility index (Phi) is 4.37. The van der Waals surface area contributed by atoms with Gasteiger partial charge in [-0.1, -0.05) is 35.3 Å². The van der Waals surface area contributed by atoms with Crippen LogP contribution in [0.1, 0.15) is 0 Å². The molecular weight excluding hydrogens is 325 g/mol. The molecule has 0 aliphatic rings. The number of pyridine rings is 1. The summed E-state index contributed by atoms with van der Waals surface area (Å²) in [5.74, 6) is 1.28. The lowest BCUT2D eigenvalue weighted by Crippen LogP contribution is -1.94. The Bertz CT molecular complexity index is 782. The van der Waals surface area contributed by atoms with Gasteiger partial charge in [-0.15, -0.1) is 0 Å². The topological polar surface area (TPSA) is 57.1 Å². The van der Waals surface area contributed by atoms with E-state index < -0.39 is 0 Å². The maximum Gasteiger partial charge on any atom is 0.322 e. The Morgan fingerprint density at radius 2 is 1.45 bits per heavy atom. The van der Waals surface area contributed by atoms with E-state index in [4.69, 9.17) is 32.7 Å². The number of hydrogen-bond acceptors (Lipinski definition) is 5. The number of hydrogen-bond donors (Lipinski definition) is 0. The lowest BCUT2D eigenvalue weighted by molar-refractivity contribution is 0.392. The molecule has 3 aromatic rings. The molecule has 1 aromatic carbocycles. The van der Waals surface area contributed by atoms with E-state index in [1.807, 2.05) is 12.1 Å². The average molecular weight is 334 g/mol. The van der Waals surface area contributed by atoms with E-state index in [9.17, 15) is 0 Å². The van der Waals surface area contributed by atoms with Crippen LogP contribution in [0.3, 0.4) is 0 Å². The van der Waals surface area contributed by atoms with Crippen molar-refractivity contribution in [2.45, 2.75) is 0 Å². The van der Waals surface area contributed by atoms with Gasteiger partial charge in [-0.25, -0.2) is 15.0 Å². The highest BCUT2D eigenvalue weighted by molar-refractivity contribution is 6.30. The van der Waals surface area contributed by atoms with E-state index >= 15 is 0 Å². The van der Waals surface area contributed by atoms with E-state index in [1.165, 1.54) is 12.4 Å². The molecule has 0 amide bonds. The Balaban J connectivity index is 1.85. The second-order valence-corrected chi connectivity index (χ2v) is 5.02. The van der Waals surface area contributed by atoms with Crippen LogP contribution >= 0.6 is 23.2 Å². The first-order chi connectivity index (χ1) is 10.7. The standard InChI is InChI=1S/C15H9Cl2N3O2/c16-10-5-6-18-14(7-10)21-12-3-1-2-4-13(12)22-15-19-8-11(17)9-20-15/h1-9H. The summed E-state index contributed by atoms with van der Waals surface area (Å²) in [6, 6.07) is 10.5. The maximum atomic E-state index is 5.91. The summed E-state index contributed by atoms with van der Waals surface area (Å²) in [7, 11) is 0. The number of para-hydroxylation sites is 2. The van der Waals surface area contributed by atoms with Crippen molar-refractivity contribution in [1.29, 1.82) is 0 Å². The third-order valence-corrected chi connectivity index (χ3v) is 2.99. The Morgan fingerprint density at radius 3 is 2.14 bits per heavy atom. The monoisotopic (exact) mass is 333 g/mol. The van der Waals surface area contributed by atoms with Crippen LogP contribution in [0, 0.1) is 0 Å². The van der Waals surface area contributed by atoms with Gasteiger partial charge in [0, 0.05) is 17.3 Å². The summed E-state index contributed by atoms with van der Waals surface area (Å²) in [5, 5.41) is 0.962. The highest BCUT2D eigenvalue weighted by Gasteiger charge is 2.09.